The van der Waals surface area contributed by atoms with Gasteiger partial charge in [0.05, 0.1) is 24.2 Å². The van der Waals surface area contributed by atoms with E-state index in [9.17, 15) is 9.90 Å². The molecule has 0 radical (unpaired) electrons. The number of rotatable bonds is 1. The van der Waals surface area contributed by atoms with Crippen LogP contribution in [0.2, 0.25) is 0 Å². The summed E-state index contributed by atoms with van der Waals surface area (Å²) in [6.07, 6.45) is 0.148. The maximum Gasteiger partial charge on any atom is 0.309 e. The van der Waals surface area contributed by atoms with Crippen molar-refractivity contribution in [2.75, 3.05) is 0 Å². The second-order valence-electron chi connectivity index (χ2n) is 3.21. The Hall–Kier alpha value is -0.610. The van der Waals surface area contributed by atoms with E-state index < -0.39 is 24.1 Å². The molecule has 0 saturated carbocycles. The van der Waals surface area contributed by atoms with Crippen molar-refractivity contribution in [3.8, 4) is 0 Å². The van der Waals surface area contributed by atoms with Crippen LogP contribution in [-0.2, 0) is 9.53 Å². The van der Waals surface area contributed by atoms with Crippen molar-refractivity contribution in [3.05, 3.63) is 0 Å². The van der Waals surface area contributed by atoms with E-state index in [1.165, 1.54) is 0 Å². The first-order chi connectivity index (χ1) is 5.18. The van der Waals surface area contributed by atoms with Crippen molar-refractivity contribution < 1.29 is 19.7 Å². The molecular weight excluding hydrogens is 148 g/mol. The van der Waals surface area contributed by atoms with E-state index in [-0.39, 0.29) is 6.10 Å². The van der Waals surface area contributed by atoms with Gasteiger partial charge < -0.3 is 14.9 Å². The standard InChI is InChI=1S/C7H10O4/c8-5-2-3-1-4(7(9)10)6(5)11-3/h3-6,8H,1-2H2,(H,9,10). The number of aliphatic hydroxyl groups excluding tert-OH is 1. The Morgan fingerprint density at radius 2 is 2.18 bits per heavy atom. The van der Waals surface area contributed by atoms with Crippen molar-refractivity contribution >= 4 is 5.97 Å². The molecule has 0 amide bonds. The Bertz CT molecular complexity index is 191. The molecular formula is C7H10O4. The molecule has 4 nitrogen and oxygen atoms in total. The van der Waals surface area contributed by atoms with Crippen LogP contribution in [-0.4, -0.2) is 34.5 Å². The van der Waals surface area contributed by atoms with E-state index in [0.29, 0.717) is 12.8 Å². The summed E-state index contributed by atoms with van der Waals surface area (Å²) in [5.74, 6) is -1.33. The number of aliphatic hydroxyl groups is 1. The topological polar surface area (TPSA) is 66.8 Å². The molecule has 4 atom stereocenters. The van der Waals surface area contributed by atoms with E-state index in [2.05, 4.69) is 0 Å². The molecule has 0 spiro atoms. The van der Waals surface area contributed by atoms with E-state index in [1.54, 1.807) is 0 Å². The van der Waals surface area contributed by atoms with Crippen LogP contribution in [0.15, 0.2) is 0 Å². The lowest BCUT2D eigenvalue weighted by atomic mass is 9.87. The van der Waals surface area contributed by atoms with Gasteiger partial charge in [-0.1, -0.05) is 0 Å². The van der Waals surface area contributed by atoms with Crippen molar-refractivity contribution in [3.63, 3.8) is 0 Å². The molecule has 62 valence electrons. The smallest absolute Gasteiger partial charge is 0.309 e. The zero-order valence-electron chi connectivity index (χ0n) is 5.93. The second-order valence-corrected chi connectivity index (χ2v) is 3.21. The van der Waals surface area contributed by atoms with Gasteiger partial charge in [-0.05, 0) is 6.42 Å². The Morgan fingerprint density at radius 3 is 2.55 bits per heavy atom. The summed E-state index contributed by atoms with van der Waals surface area (Å²) in [6.45, 7) is 0. The monoisotopic (exact) mass is 158 g/mol. The molecule has 0 aliphatic carbocycles. The summed E-state index contributed by atoms with van der Waals surface area (Å²) in [7, 11) is 0. The van der Waals surface area contributed by atoms with Crippen molar-refractivity contribution in [2.45, 2.75) is 31.2 Å². The van der Waals surface area contributed by atoms with Crippen molar-refractivity contribution in [2.24, 2.45) is 5.92 Å². The summed E-state index contributed by atoms with van der Waals surface area (Å²) in [5.41, 5.74) is 0. The highest BCUT2D eigenvalue weighted by molar-refractivity contribution is 5.71. The fraction of sp³-hybridized carbons (Fsp3) is 0.857. The number of hydrogen-bond donors (Lipinski definition) is 2. The lowest BCUT2D eigenvalue weighted by Gasteiger charge is -2.18. The van der Waals surface area contributed by atoms with Gasteiger partial charge >= 0.3 is 5.97 Å². The minimum atomic E-state index is -0.851. The molecule has 2 N–H and O–H groups in total. The van der Waals surface area contributed by atoms with Crippen LogP contribution in [0.1, 0.15) is 12.8 Å². The third-order valence-electron chi connectivity index (χ3n) is 2.46. The first-order valence-electron chi connectivity index (χ1n) is 3.75. The molecule has 0 aromatic carbocycles. The van der Waals surface area contributed by atoms with E-state index in [0.717, 1.165) is 0 Å². The van der Waals surface area contributed by atoms with E-state index >= 15 is 0 Å². The highest BCUT2D eigenvalue weighted by Crippen LogP contribution is 2.38. The number of carboxylic acid groups (broad SMARTS) is 1. The highest BCUT2D eigenvalue weighted by atomic mass is 16.5. The average Bonchev–Trinajstić information content (AvgIpc) is 2.43. The van der Waals surface area contributed by atoms with Crippen LogP contribution in [0.5, 0.6) is 0 Å². The summed E-state index contributed by atoms with van der Waals surface area (Å²) < 4.78 is 5.23. The van der Waals surface area contributed by atoms with Crippen LogP contribution >= 0.6 is 0 Å². The fourth-order valence-corrected chi connectivity index (χ4v) is 1.95. The molecule has 2 saturated heterocycles. The number of carbonyl (C=O) groups is 1. The van der Waals surface area contributed by atoms with Crippen molar-refractivity contribution in [1.29, 1.82) is 0 Å². The fourth-order valence-electron chi connectivity index (χ4n) is 1.95. The van der Waals surface area contributed by atoms with Gasteiger partial charge in [0, 0.05) is 6.42 Å². The number of aliphatic carboxylic acids is 1. The first-order valence-corrected chi connectivity index (χ1v) is 3.75. The average molecular weight is 158 g/mol. The van der Waals surface area contributed by atoms with E-state index in [1.807, 2.05) is 0 Å². The zero-order chi connectivity index (χ0) is 8.01. The molecule has 2 aliphatic heterocycles. The largest absolute Gasteiger partial charge is 0.481 e. The molecule has 0 aromatic rings. The van der Waals surface area contributed by atoms with Crippen LogP contribution in [0.4, 0.5) is 0 Å². The van der Waals surface area contributed by atoms with E-state index in [4.69, 9.17) is 9.84 Å². The normalized spacial score (nSPS) is 48.1. The molecule has 0 aromatic heterocycles. The number of fused-ring (bicyclic) bond motifs is 2. The second kappa shape index (κ2) is 2.19. The minimum Gasteiger partial charge on any atom is -0.481 e. The third-order valence-corrected chi connectivity index (χ3v) is 2.46. The minimum absolute atomic E-state index is 0.0175. The summed E-state index contributed by atoms with van der Waals surface area (Å²) in [6, 6.07) is 0. The molecule has 2 fully saturated rings. The van der Waals surface area contributed by atoms with Gasteiger partial charge in [-0.2, -0.15) is 0 Å². The van der Waals surface area contributed by atoms with Crippen LogP contribution in [0.25, 0.3) is 0 Å². The van der Waals surface area contributed by atoms with Crippen LogP contribution in [0, 0.1) is 5.92 Å². The van der Waals surface area contributed by atoms with Gasteiger partial charge in [0.2, 0.25) is 0 Å². The van der Waals surface area contributed by atoms with Gasteiger partial charge in [0.15, 0.2) is 0 Å². The Morgan fingerprint density at radius 1 is 1.45 bits per heavy atom. The molecule has 4 heteroatoms. The Kier molecular flexibility index (Phi) is 1.40. The maximum absolute atomic E-state index is 10.5. The maximum atomic E-state index is 10.5. The van der Waals surface area contributed by atoms with Crippen LogP contribution in [0.3, 0.4) is 0 Å². The molecule has 2 heterocycles. The SMILES string of the molecule is O=C(O)C1CC2CC(O)C1O2. The molecule has 2 bridgehead atoms. The van der Waals surface area contributed by atoms with Gasteiger partial charge in [-0.3, -0.25) is 4.79 Å². The van der Waals surface area contributed by atoms with Crippen LogP contribution < -0.4 is 0 Å². The summed E-state index contributed by atoms with van der Waals surface area (Å²) in [4.78, 5) is 10.5. The summed E-state index contributed by atoms with van der Waals surface area (Å²) >= 11 is 0. The van der Waals surface area contributed by atoms with Gasteiger partial charge in [0.1, 0.15) is 0 Å². The number of ether oxygens (including phenoxy) is 1. The third kappa shape index (κ3) is 0.937. The van der Waals surface area contributed by atoms with Gasteiger partial charge in [-0.25, -0.2) is 0 Å². The molecule has 11 heavy (non-hydrogen) atoms. The Labute approximate surface area is 63.8 Å². The molecule has 4 unspecified atom stereocenters. The molecule has 2 rings (SSSR count). The first kappa shape index (κ1) is 7.06. The zero-order valence-corrected chi connectivity index (χ0v) is 5.93. The lowest BCUT2D eigenvalue weighted by molar-refractivity contribution is -0.145. The predicted molar refractivity (Wildman–Crippen MR) is 35.0 cm³/mol. The lowest BCUT2D eigenvalue weighted by Crippen LogP contribution is -2.34. The number of carboxylic acids is 1. The highest BCUT2D eigenvalue weighted by Gasteiger charge is 2.50. The Balaban J connectivity index is 2.12. The summed E-state index contributed by atoms with van der Waals surface area (Å²) in [5, 5.41) is 17.9. The number of hydrogen-bond acceptors (Lipinski definition) is 3. The van der Waals surface area contributed by atoms with Gasteiger partial charge in [0.25, 0.3) is 0 Å². The predicted octanol–water partition coefficient (Wildman–Crippen LogP) is -0.391. The van der Waals surface area contributed by atoms with Gasteiger partial charge in [-0.15, -0.1) is 0 Å². The molecule has 2 aliphatic rings. The quantitative estimate of drug-likeness (QED) is 0.545. The van der Waals surface area contributed by atoms with Crippen molar-refractivity contribution in [1.82, 2.24) is 0 Å².